The molecule has 23 rings (SSSR count). The van der Waals surface area contributed by atoms with E-state index >= 15 is 0 Å². The molecular formula is C118H117N15S4. The summed E-state index contributed by atoms with van der Waals surface area (Å²) >= 11 is 7.24. The van der Waals surface area contributed by atoms with Crippen molar-refractivity contribution < 1.29 is 0 Å². The highest BCUT2D eigenvalue weighted by molar-refractivity contribution is 7.23. The van der Waals surface area contributed by atoms with E-state index in [1.165, 1.54) is 161 Å². The number of fused-ring (bicyclic) bond motifs is 11. The third-order valence-electron chi connectivity index (χ3n) is 26.1. The average Bonchev–Trinajstić information content (AvgIpc) is 1.61. The summed E-state index contributed by atoms with van der Waals surface area (Å²) in [6.07, 6.45) is 15.4. The highest BCUT2D eigenvalue weighted by Crippen LogP contribution is 2.47. The summed E-state index contributed by atoms with van der Waals surface area (Å²) < 4.78 is 5.21. The fourth-order valence-corrected chi connectivity index (χ4v) is 21.9. The number of hydrogen-bond donors (Lipinski definition) is 5. The predicted octanol–water partition coefficient (Wildman–Crippen LogP) is 32.7. The molecule has 137 heavy (non-hydrogen) atoms. The van der Waals surface area contributed by atoms with Crippen molar-refractivity contribution in [2.24, 2.45) is 48.6 Å². The van der Waals surface area contributed by atoms with Crippen molar-refractivity contribution in [2.75, 3.05) is 0 Å². The molecule has 0 saturated heterocycles. The van der Waals surface area contributed by atoms with Crippen LogP contribution < -0.4 is 0 Å². The Labute approximate surface area is 819 Å². The lowest BCUT2D eigenvalue weighted by atomic mass is 9.99. The van der Waals surface area contributed by atoms with Crippen LogP contribution in [0.4, 0.5) is 27.8 Å². The lowest BCUT2D eigenvalue weighted by molar-refractivity contribution is 0.793. The predicted molar refractivity (Wildman–Crippen MR) is 584 cm³/mol. The minimum atomic E-state index is 0.383. The summed E-state index contributed by atoms with van der Waals surface area (Å²) in [5, 5.41) is 8.92. The van der Waals surface area contributed by atoms with Gasteiger partial charge in [0.1, 0.15) is 45.5 Å². The molecular weight excluding hydrogens is 1760 g/mol. The number of aliphatic imine (C=N–C) groups is 5. The van der Waals surface area contributed by atoms with Gasteiger partial charge in [-0.05, 0) is 226 Å². The van der Waals surface area contributed by atoms with Gasteiger partial charge >= 0.3 is 0 Å². The van der Waals surface area contributed by atoms with E-state index in [0.29, 0.717) is 53.3 Å². The van der Waals surface area contributed by atoms with Gasteiger partial charge in [-0.3, -0.25) is 20.0 Å². The van der Waals surface area contributed by atoms with Gasteiger partial charge in [0.05, 0.1) is 75.7 Å². The topological polar surface area (TPSA) is 205 Å². The molecule has 0 spiro atoms. The molecule has 5 aliphatic rings. The number of thiophene rings is 4. The monoisotopic (exact) mass is 1870 g/mol. The van der Waals surface area contributed by atoms with Crippen LogP contribution in [0.2, 0.25) is 0 Å². The number of hydrogen-bond acceptors (Lipinski definition) is 14. The minimum Gasteiger partial charge on any atom is -0.342 e. The maximum Gasteiger partial charge on any atom is 0.120 e. The van der Waals surface area contributed by atoms with Crippen molar-refractivity contribution in [1.82, 2.24) is 49.8 Å². The molecule has 5 N–H and O–H groups in total. The van der Waals surface area contributed by atoms with Gasteiger partial charge in [0.2, 0.25) is 0 Å². The summed E-state index contributed by atoms with van der Waals surface area (Å²) in [7, 11) is 0. The summed E-state index contributed by atoms with van der Waals surface area (Å²) in [5.74, 6) is 22.0. The number of nitrogens with zero attached hydrogens (tertiary/aromatic N) is 10. The zero-order valence-corrected chi connectivity index (χ0v) is 84.9. The van der Waals surface area contributed by atoms with Crippen molar-refractivity contribution in [1.29, 1.82) is 0 Å². The molecule has 0 fully saturated rings. The van der Waals surface area contributed by atoms with Crippen LogP contribution in [-0.4, -0.2) is 78.4 Å². The molecule has 19 heteroatoms. The average molecular weight is 1870 g/mol. The maximum atomic E-state index is 4.88. The highest BCUT2D eigenvalue weighted by atomic mass is 32.1. The van der Waals surface area contributed by atoms with E-state index in [0.717, 1.165) is 129 Å². The van der Waals surface area contributed by atoms with Gasteiger partial charge in [-0.1, -0.05) is 228 Å². The molecule has 9 aromatic heterocycles. The van der Waals surface area contributed by atoms with Crippen molar-refractivity contribution in [3.8, 4) is 89.5 Å². The second kappa shape index (κ2) is 39.4. The molecule has 0 unspecified atom stereocenters. The molecule has 9 aromatic carbocycles. The fraction of sp³-hybridized carbons (Fsp3) is 0.288. The van der Waals surface area contributed by atoms with Crippen LogP contribution >= 0.6 is 45.3 Å². The van der Waals surface area contributed by atoms with Gasteiger partial charge in [0.25, 0.3) is 0 Å². The Bertz CT molecular complexity index is 7570. The van der Waals surface area contributed by atoms with E-state index in [2.05, 4.69) is 381 Å². The molecule has 0 atom stereocenters. The Balaban J connectivity index is 0.000000110. The number of nitrogens with one attached hydrogen (secondary N) is 5. The number of aromatic nitrogens is 10. The van der Waals surface area contributed by atoms with Gasteiger partial charge < -0.3 is 24.9 Å². The first kappa shape index (κ1) is 92.7. The molecule has 5 aliphatic heterocycles. The first-order valence-electron chi connectivity index (χ1n) is 48.3. The van der Waals surface area contributed by atoms with Crippen LogP contribution in [-0.2, 0) is 32.1 Å². The second-order valence-electron chi connectivity index (χ2n) is 39.4. The van der Waals surface area contributed by atoms with Gasteiger partial charge in [0, 0.05) is 130 Å². The Morgan fingerprint density at radius 3 is 1.11 bits per heavy atom. The third-order valence-corrected chi connectivity index (χ3v) is 30.5. The smallest absolute Gasteiger partial charge is 0.120 e. The van der Waals surface area contributed by atoms with E-state index in [-0.39, 0.29) is 0 Å². The van der Waals surface area contributed by atoms with Gasteiger partial charge in [0.15, 0.2) is 0 Å². The van der Waals surface area contributed by atoms with E-state index in [9.17, 15) is 0 Å². The highest BCUT2D eigenvalue weighted by Gasteiger charge is 2.27. The van der Waals surface area contributed by atoms with Crippen molar-refractivity contribution in [3.05, 3.63) is 286 Å². The van der Waals surface area contributed by atoms with Crippen LogP contribution in [0.1, 0.15) is 246 Å². The van der Waals surface area contributed by atoms with Crippen LogP contribution in [0.5, 0.6) is 0 Å². The van der Waals surface area contributed by atoms with Crippen molar-refractivity contribution >= 4 is 153 Å². The normalized spacial score (nSPS) is 13.4. The lowest BCUT2D eigenvalue weighted by Gasteiger charge is -2.06. The number of H-pyrrole nitrogens is 5. The molecule has 688 valence electrons. The quantitative estimate of drug-likeness (QED) is 0.0597. The van der Waals surface area contributed by atoms with E-state index in [1.54, 1.807) is 17.5 Å². The zero-order chi connectivity index (χ0) is 95.3. The number of rotatable bonds is 16. The van der Waals surface area contributed by atoms with Gasteiger partial charge in [-0.15, -0.1) is 45.3 Å². The second-order valence-corrected chi connectivity index (χ2v) is 43.7. The first-order valence-corrected chi connectivity index (χ1v) is 51.6. The van der Waals surface area contributed by atoms with E-state index in [4.69, 9.17) is 25.0 Å². The van der Waals surface area contributed by atoms with Crippen LogP contribution in [0.3, 0.4) is 0 Å². The van der Waals surface area contributed by atoms with Gasteiger partial charge in [-0.2, -0.15) is 0 Å². The molecule has 0 radical (unpaired) electrons. The molecule has 0 bridgehead atoms. The van der Waals surface area contributed by atoms with Gasteiger partial charge in [-0.25, -0.2) is 29.9 Å². The first-order chi connectivity index (χ1) is 66.0. The van der Waals surface area contributed by atoms with E-state index in [1.807, 2.05) is 58.8 Å². The van der Waals surface area contributed by atoms with Crippen molar-refractivity contribution in [2.45, 2.75) is 200 Å². The molecule has 14 heterocycles. The third kappa shape index (κ3) is 20.4. The summed E-state index contributed by atoms with van der Waals surface area (Å²) in [6, 6.07) is 64.4. The molecule has 0 amide bonds. The lowest BCUT2D eigenvalue weighted by Crippen LogP contribution is -2.06. The molecule has 0 saturated carbocycles. The van der Waals surface area contributed by atoms with E-state index < -0.39 is 0 Å². The Hall–Kier alpha value is -13.4. The maximum absolute atomic E-state index is 4.88. The largest absolute Gasteiger partial charge is 0.342 e. The fourth-order valence-electron chi connectivity index (χ4n) is 17.6. The van der Waals surface area contributed by atoms with Crippen LogP contribution in [0.15, 0.2) is 232 Å². The molecule has 0 aliphatic carbocycles. The Kier molecular flexibility index (Phi) is 26.6. The zero-order valence-electron chi connectivity index (χ0n) is 81.7. The SMILES string of the molecule is CC(C)C1=Nc2cc3sc(-c4ccc(-c5cnc(C(C)C)[nH]5)cc4)cc3cc2C1.CC(C)C1=Nc2cc3sc(-c4ccc(-c5cnc(C(C)C)[nH]5)cc4)cc3cc2C1.CC(C)C1=Nc2cc3sc(C#Cc4cnc(C(C)C)[nH]4)cc3cc2C1.CC(C)C1=Nc2sc3cc(-c4ccc(-c5cnc(C(C)C)[nH]5)cc4)ccc3c2C1.CCC1=Nc2cc3ccc(C#Cc4cnc(C(C)C)[nH]4)cc3cc2C1. The molecule has 15 nitrogen and oxygen atoms in total. The Morgan fingerprint density at radius 2 is 0.672 bits per heavy atom. The number of benzene rings is 9. The van der Waals surface area contributed by atoms with Crippen LogP contribution in [0.25, 0.3) is 117 Å². The number of aromatic amines is 5. The summed E-state index contributed by atoms with van der Waals surface area (Å²) in [6.45, 7) is 41.3. The Morgan fingerprint density at radius 1 is 0.285 bits per heavy atom. The summed E-state index contributed by atoms with van der Waals surface area (Å²) in [4.78, 5) is 66.8. The minimum absolute atomic E-state index is 0.383. The number of imidazole rings is 5. The summed E-state index contributed by atoms with van der Waals surface area (Å²) in [5.41, 5.74) is 32.3. The van der Waals surface area contributed by atoms with Crippen molar-refractivity contribution in [3.63, 3.8) is 0 Å². The molecule has 18 aromatic rings. The standard InChI is InChI=1S/3C25H25N3S.C22H21N3.C21H21N3S/c2*1-14(2)20-10-18-9-19-11-23(29-24(19)12-21(18)27-20)17-7-5-16(6-8-17)22-13-26-25(28-22)15(3)4;1-14(2)21-12-20-19-10-9-18(11-23(19)29-25(20)28-21)16-5-7-17(8-6-16)22-13-26-24(27-22)15(3)4;1-4-19-11-18-10-17-9-15(5-7-16(17)12-21(18)24-19)6-8-20-13-23-22(25-20)14(2)3;1-12(2)18-9-14-7-15-8-17(25-20(15)10-19(14)24-18)6-5-16-11-22-21(23-16)13(3)4/h2*5-9,11-15H,10H2,1-4H3,(H,26,28);5-11,13-15H,12H2,1-4H3,(H,26,27);5,7,9-10,12-14H,4,11H2,1-3H3,(H,23,25);7-8,10-13H,9H2,1-4H3,(H,22,23). The van der Waals surface area contributed by atoms with Crippen LogP contribution in [0, 0.1) is 47.4 Å².